The summed E-state index contributed by atoms with van der Waals surface area (Å²) in [7, 11) is 4.07. The molecule has 0 aliphatic rings. The summed E-state index contributed by atoms with van der Waals surface area (Å²) in [5.41, 5.74) is 3.23. The molecule has 0 spiro atoms. The van der Waals surface area contributed by atoms with E-state index in [1.54, 1.807) is 12.1 Å². The van der Waals surface area contributed by atoms with E-state index in [1.807, 2.05) is 59.1 Å². The molecule has 156 valence electrons. The summed E-state index contributed by atoms with van der Waals surface area (Å²) in [6.07, 6.45) is -0.462. The van der Waals surface area contributed by atoms with Crippen molar-refractivity contribution in [3.8, 4) is 0 Å². The molecule has 2 aromatic rings. The maximum Gasteiger partial charge on any atom is 0.407 e. The topological polar surface area (TPSA) is 70.7 Å². The van der Waals surface area contributed by atoms with Crippen molar-refractivity contribution in [1.82, 2.24) is 15.5 Å². The average molecular weight is 398 g/mol. The molecule has 2 amide bonds. The fourth-order valence-electron chi connectivity index (χ4n) is 2.67. The second-order valence-electron chi connectivity index (χ2n) is 8.29. The lowest BCUT2D eigenvalue weighted by molar-refractivity contribution is 0.0523. The SMILES string of the molecule is CN(C)Cc1ccc(CNC(=O)c2ccc(CNC(=O)OC(C)(C)C)cc2)cc1. The number of benzene rings is 2. The molecule has 0 aliphatic heterocycles. The summed E-state index contributed by atoms with van der Waals surface area (Å²) in [6.45, 7) is 7.16. The maximum atomic E-state index is 12.4. The van der Waals surface area contributed by atoms with E-state index in [2.05, 4.69) is 27.7 Å². The van der Waals surface area contributed by atoms with Crippen molar-refractivity contribution in [3.63, 3.8) is 0 Å². The van der Waals surface area contributed by atoms with Gasteiger partial charge in [0.25, 0.3) is 5.91 Å². The van der Waals surface area contributed by atoms with Crippen LogP contribution in [0.1, 0.15) is 47.8 Å². The Hall–Kier alpha value is -2.86. The number of ether oxygens (including phenoxy) is 1. The molecule has 0 aliphatic carbocycles. The second-order valence-corrected chi connectivity index (χ2v) is 8.29. The van der Waals surface area contributed by atoms with Crippen molar-refractivity contribution in [3.05, 3.63) is 70.8 Å². The van der Waals surface area contributed by atoms with Crippen LogP contribution < -0.4 is 10.6 Å². The third-order valence-corrected chi connectivity index (χ3v) is 4.03. The van der Waals surface area contributed by atoms with Gasteiger partial charge in [-0.2, -0.15) is 0 Å². The first-order chi connectivity index (χ1) is 13.6. The van der Waals surface area contributed by atoms with Crippen LogP contribution in [0.5, 0.6) is 0 Å². The minimum atomic E-state index is -0.529. The lowest BCUT2D eigenvalue weighted by Crippen LogP contribution is -2.32. The van der Waals surface area contributed by atoms with Crippen molar-refractivity contribution < 1.29 is 14.3 Å². The fraction of sp³-hybridized carbons (Fsp3) is 0.391. The highest BCUT2D eigenvalue weighted by Gasteiger charge is 2.15. The molecule has 2 aromatic carbocycles. The predicted octanol–water partition coefficient (Wildman–Crippen LogP) is 3.70. The second kappa shape index (κ2) is 10.1. The normalized spacial score (nSPS) is 11.2. The van der Waals surface area contributed by atoms with Crippen LogP contribution in [-0.4, -0.2) is 36.6 Å². The Kier molecular flexibility index (Phi) is 7.79. The van der Waals surface area contributed by atoms with E-state index < -0.39 is 11.7 Å². The summed E-state index contributed by atoms with van der Waals surface area (Å²) >= 11 is 0. The van der Waals surface area contributed by atoms with Crippen molar-refractivity contribution in [2.75, 3.05) is 14.1 Å². The van der Waals surface area contributed by atoms with Crippen molar-refractivity contribution in [1.29, 1.82) is 0 Å². The number of hydrogen-bond donors (Lipinski definition) is 2. The molecule has 0 heterocycles. The largest absolute Gasteiger partial charge is 0.444 e. The lowest BCUT2D eigenvalue weighted by atomic mass is 10.1. The molecule has 0 fully saturated rings. The van der Waals surface area contributed by atoms with E-state index in [1.165, 1.54) is 5.56 Å². The monoisotopic (exact) mass is 397 g/mol. The molecular formula is C23H31N3O3. The zero-order valence-corrected chi connectivity index (χ0v) is 17.9. The summed E-state index contributed by atoms with van der Waals surface area (Å²) in [5, 5.41) is 5.63. The quantitative estimate of drug-likeness (QED) is 0.747. The zero-order valence-electron chi connectivity index (χ0n) is 17.9. The Balaban J connectivity index is 1.81. The van der Waals surface area contributed by atoms with Crippen LogP contribution in [0.15, 0.2) is 48.5 Å². The van der Waals surface area contributed by atoms with Gasteiger partial charge >= 0.3 is 6.09 Å². The van der Waals surface area contributed by atoms with Gasteiger partial charge in [0.05, 0.1) is 0 Å². The molecule has 0 aromatic heterocycles. The lowest BCUT2D eigenvalue weighted by Gasteiger charge is -2.19. The van der Waals surface area contributed by atoms with Gasteiger partial charge in [-0.3, -0.25) is 4.79 Å². The molecule has 0 unspecified atom stereocenters. The van der Waals surface area contributed by atoms with Crippen molar-refractivity contribution in [2.45, 2.75) is 46.0 Å². The first kappa shape index (κ1) is 22.4. The smallest absolute Gasteiger partial charge is 0.407 e. The number of hydrogen-bond acceptors (Lipinski definition) is 4. The Morgan fingerprint density at radius 3 is 1.83 bits per heavy atom. The molecule has 29 heavy (non-hydrogen) atoms. The Morgan fingerprint density at radius 1 is 0.828 bits per heavy atom. The molecule has 2 N–H and O–H groups in total. The minimum absolute atomic E-state index is 0.131. The van der Waals surface area contributed by atoms with E-state index in [-0.39, 0.29) is 5.91 Å². The van der Waals surface area contributed by atoms with Crippen molar-refractivity contribution >= 4 is 12.0 Å². The molecule has 0 saturated heterocycles. The number of nitrogens with zero attached hydrogens (tertiary/aromatic N) is 1. The van der Waals surface area contributed by atoms with E-state index in [9.17, 15) is 9.59 Å². The first-order valence-electron chi connectivity index (χ1n) is 9.69. The Morgan fingerprint density at radius 2 is 1.31 bits per heavy atom. The molecule has 0 atom stereocenters. The van der Waals surface area contributed by atoms with Gasteiger partial charge in [0, 0.05) is 25.2 Å². The molecule has 6 nitrogen and oxygen atoms in total. The summed E-state index contributed by atoms with van der Waals surface area (Å²) in [4.78, 5) is 26.2. The summed E-state index contributed by atoms with van der Waals surface area (Å²) in [6, 6.07) is 15.4. The average Bonchev–Trinajstić information content (AvgIpc) is 2.64. The minimum Gasteiger partial charge on any atom is -0.444 e. The van der Waals surface area contributed by atoms with Gasteiger partial charge in [0.15, 0.2) is 0 Å². The van der Waals surface area contributed by atoms with E-state index in [0.717, 1.165) is 17.7 Å². The number of amides is 2. The summed E-state index contributed by atoms with van der Waals surface area (Å²) in [5.74, 6) is -0.131. The van der Waals surface area contributed by atoms with Crippen LogP contribution in [0.3, 0.4) is 0 Å². The molecule has 0 saturated carbocycles. The number of rotatable bonds is 7. The fourth-order valence-corrected chi connectivity index (χ4v) is 2.67. The highest BCUT2D eigenvalue weighted by atomic mass is 16.6. The van der Waals surface area contributed by atoms with Gasteiger partial charge in [0.1, 0.15) is 5.60 Å². The van der Waals surface area contributed by atoms with Gasteiger partial charge in [-0.25, -0.2) is 4.79 Å². The highest BCUT2D eigenvalue weighted by Crippen LogP contribution is 2.09. The van der Waals surface area contributed by atoms with Crippen molar-refractivity contribution in [2.24, 2.45) is 0 Å². The van der Waals surface area contributed by atoms with E-state index in [4.69, 9.17) is 4.74 Å². The van der Waals surface area contributed by atoms with Crippen LogP contribution in [0.4, 0.5) is 4.79 Å². The van der Waals surface area contributed by atoms with Crippen LogP contribution in [0.2, 0.25) is 0 Å². The Labute approximate surface area is 173 Å². The van der Waals surface area contributed by atoms with Crippen LogP contribution in [0, 0.1) is 0 Å². The number of alkyl carbamates (subject to hydrolysis) is 1. The highest BCUT2D eigenvalue weighted by molar-refractivity contribution is 5.94. The molecular weight excluding hydrogens is 366 g/mol. The van der Waals surface area contributed by atoms with E-state index >= 15 is 0 Å². The number of carbonyl (C=O) groups excluding carboxylic acids is 2. The maximum absolute atomic E-state index is 12.4. The third-order valence-electron chi connectivity index (χ3n) is 4.03. The zero-order chi connectivity index (χ0) is 21.4. The molecule has 6 heteroatoms. The molecule has 0 bridgehead atoms. The van der Waals surface area contributed by atoms with Gasteiger partial charge in [-0.15, -0.1) is 0 Å². The molecule has 0 radical (unpaired) electrons. The van der Waals surface area contributed by atoms with E-state index in [0.29, 0.717) is 18.7 Å². The number of carbonyl (C=O) groups is 2. The van der Waals surface area contributed by atoms with Crippen LogP contribution in [0.25, 0.3) is 0 Å². The molecule has 2 rings (SSSR count). The number of nitrogens with one attached hydrogen (secondary N) is 2. The summed E-state index contributed by atoms with van der Waals surface area (Å²) < 4.78 is 5.20. The first-order valence-corrected chi connectivity index (χ1v) is 9.69. The standard InChI is InChI=1S/C23H31N3O3/c1-23(2,3)29-22(28)25-15-18-10-12-20(13-11-18)21(27)24-14-17-6-8-19(9-7-17)16-26(4)5/h6-13H,14-16H2,1-5H3,(H,24,27)(H,25,28). The van der Waals surface area contributed by atoms with Crippen LogP contribution >= 0.6 is 0 Å². The van der Waals surface area contributed by atoms with Gasteiger partial charge in [0.2, 0.25) is 0 Å². The van der Waals surface area contributed by atoms with Gasteiger partial charge in [-0.05, 0) is 63.7 Å². The predicted molar refractivity (Wildman–Crippen MR) is 115 cm³/mol. The van der Waals surface area contributed by atoms with Gasteiger partial charge in [-0.1, -0.05) is 36.4 Å². The Bertz CT molecular complexity index is 807. The van der Waals surface area contributed by atoms with Gasteiger partial charge < -0.3 is 20.3 Å². The third kappa shape index (κ3) is 8.35. The van der Waals surface area contributed by atoms with Crippen LogP contribution in [-0.2, 0) is 24.4 Å².